The van der Waals surface area contributed by atoms with E-state index in [0.717, 1.165) is 11.1 Å². The number of carbonyl (C=O) groups excluding carboxylic acids is 3. The number of Topliss-reactive ketones (excluding diaryl/α,β-unsaturated/α-hetero) is 1. The zero-order valence-corrected chi connectivity index (χ0v) is 18.3. The number of benzene rings is 2. The average molecular weight is 435 g/mol. The van der Waals surface area contributed by atoms with Crippen molar-refractivity contribution in [3.05, 3.63) is 70.9 Å². The van der Waals surface area contributed by atoms with E-state index in [4.69, 9.17) is 11.6 Å². The van der Waals surface area contributed by atoms with Gasteiger partial charge in [0.2, 0.25) is 11.8 Å². The Bertz CT molecular complexity index is 1130. The molecule has 3 aliphatic rings. The Morgan fingerprint density at radius 3 is 2.26 bits per heavy atom. The van der Waals surface area contributed by atoms with Gasteiger partial charge in [-0.3, -0.25) is 14.4 Å². The largest absolute Gasteiger partial charge is 0.359 e. The molecule has 6 heteroatoms. The summed E-state index contributed by atoms with van der Waals surface area (Å²) in [5.41, 5.74) is 1.83. The first-order valence-corrected chi connectivity index (χ1v) is 10.8. The zero-order valence-electron chi connectivity index (χ0n) is 17.6. The highest BCUT2D eigenvalue weighted by Gasteiger charge is 2.65. The van der Waals surface area contributed by atoms with Gasteiger partial charge < -0.3 is 4.90 Å². The molecule has 2 aromatic carbocycles. The summed E-state index contributed by atoms with van der Waals surface area (Å²) in [7, 11) is 0. The van der Waals surface area contributed by atoms with Crippen molar-refractivity contribution in [1.82, 2.24) is 4.90 Å². The monoisotopic (exact) mass is 434 g/mol. The van der Waals surface area contributed by atoms with E-state index in [-0.39, 0.29) is 23.6 Å². The number of imide groups is 1. The van der Waals surface area contributed by atoms with Gasteiger partial charge in [-0.05, 0) is 41.5 Å². The molecule has 2 fully saturated rings. The fraction of sp³-hybridized carbons (Fsp3) is 0.320. The minimum absolute atomic E-state index is 0.0341. The van der Waals surface area contributed by atoms with E-state index < -0.39 is 23.3 Å². The lowest BCUT2D eigenvalue weighted by molar-refractivity contribution is -0.135. The SMILES string of the molecule is CC(C)(C)C(=O)[C@H]1[C@H]2C(=O)N(c3ccc(Cl)cc3)C(=O)[C@H]2C2c3ccccc3C=CN21. The molecule has 0 spiro atoms. The van der Waals surface area contributed by atoms with Crippen LogP contribution < -0.4 is 4.90 Å². The quantitative estimate of drug-likeness (QED) is 0.654. The minimum atomic E-state index is -0.726. The van der Waals surface area contributed by atoms with Gasteiger partial charge in [0, 0.05) is 16.6 Å². The summed E-state index contributed by atoms with van der Waals surface area (Å²) in [6.07, 6.45) is 3.84. The van der Waals surface area contributed by atoms with Crippen LogP contribution in [-0.4, -0.2) is 28.5 Å². The molecule has 0 radical (unpaired) electrons. The maximum absolute atomic E-state index is 13.7. The van der Waals surface area contributed by atoms with Gasteiger partial charge in [-0.25, -0.2) is 4.90 Å². The number of anilines is 1. The fourth-order valence-corrected chi connectivity index (χ4v) is 5.27. The molecular formula is C25H23ClN2O3. The molecule has 0 aliphatic carbocycles. The third kappa shape index (κ3) is 2.87. The highest BCUT2D eigenvalue weighted by Crippen LogP contribution is 2.54. The number of rotatable bonds is 2. The molecule has 3 heterocycles. The van der Waals surface area contributed by atoms with Crippen LogP contribution >= 0.6 is 11.6 Å². The fourth-order valence-electron chi connectivity index (χ4n) is 5.15. The smallest absolute Gasteiger partial charge is 0.240 e. The number of nitrogens with zero attached hydrogens (tertiary/aromatic N) is 2. The Labute approximate surface area is 186 Å². The van der Waals surface area contributed by atoms with Crippen LogP contribution in [0.4, 0.5) is 5.69 Å². The molecule has 2 amide bonds. The molecule has 1 unspecified atom stereocenters. The molecule has 158 valence electrons. The zero-order chi connectivity index (χ0) is 22.1. The average Bonchev–Trinajstić information content (AvgIpc) is 3.20. The predicted octanol–water partition coefficient (Wildman–Crippen LogP) is 4.47. The number of fused-ring (bicyclic) bond motifs is 5. The predicted molar refractivity (Wildman–Crippen MR) is 119 cm³/mol. The molecule has 2 saturated heterocycles. The Balaban J connectivity index is 1.66. The van der Waals surface area contributed by atoms with Crippen LogP contribution in [0.1, 0.15) is 37.9 Å². The number of halogens is 1. The van der Waals surface area contributed by atoms with Crippen LogP contribution in [0.3, 0.4) is 0 Å². The highest BCUT2D eigenvalue weighted by molar-refractivity contribution is 6.31. The van der Waals surface area contributed by atoms with Gasteiger partial charge >= 0.3 is 0 Å². The van der Waals surface area contributed by atoms with E-state index >= 15 is 0 Å². The summed E-state index contributed by atoms with van der Waals surface area (Å²) in [5.74, 6) is -1.96. The van der Waals surface area contributed by atoms with Crippen molar-refractivity contribution in [3.63, 3.8) is 0 Å². The third-order valence-electron chi connectivity index (χ3n) is 6.55. The van der Waals surface area contributed by atoms with Crippen molar-refractivity contribution >= 4 is 41.0 Å². The summed E-state index contributed by atoms with van der Waals surface area (Å²) >= 11 is 6.00. The first-order valence-electron chi connectivity index (χ1n) is 10.4. The van der Waals surface area contributed by atoms with Crippen molar-refractivity contribution in [3.8, 4) is 0 Å². The molecule has 0 aromatic heterocycles. The number of amides is 2. The summed E-state index contributed by atoms with van der Waals surface area (Å²) in [6, 6.07) is 13.5. The van der Waals surface area contributed by atoms with Crippen LogP contribution in [0, 0.1) is 17.3 Å². The molecule has 5 rings (SSSR count). The molecule has 4 atom stereocenters. The first kappa shape index (κ1) is 20.0. The third-order valence-corrected chi connectivity index (χ3v) is 6.81. The second-order valence-electron chi connectivity index (χ2n) is 9.44. The lowest BCUT2D eigenvalue weighted by Crippen LogP contribution is -2.47. The molecule has 3 aliphatic heterocycles. The van der Waals surface area contributed by atoms with E-state index in [1.54, 1.807) is 24.3 Å². The van der Waals surface area contributed by atoms with Crippen molar-refractivity contribution in [1.29, 1.82) is 0 Å². The van der Waals surface area contributed by atoms with E-state index in [0.29, 0.717) is 10.7 Å². The standard InChI is InChI=1S/C25H23ClN2O3/c1-25(2,3)22(29)21-19-18(20-17-7-5-4-6-14(17)12-13-27(20)21)23(30)28(24(19)31)16-10-8-15(26)9-11-16/h4-13,18-21H,1-3H3/t18-,19+,20?,21-/m1/s1. The Morgan fingerprint density at radius 1 is 0.935 bits per heavy atom. The molecule has 0 bridgehead atoms. The van der Waals surface area contributed by atoms with Crippen LogP contribution in [-0.2, 0) is 14.4 Å². The van der Waals surface area contributed by atoms with Gasteiger partial charge in [0.15, 0.2) is 5.78 Å². The maximum atomic E-state index is 13.7. The summed E-state index contributed by atoms with van der Waals surface area (Å²) in [5, 5.41) is 0.529. The lowest BCUT2D eigenvalue weighted by atomic mass is 9.79. The number of hydrogen-bond acceptors (Lipinski definition) is 4. The molecular weight excluding hydrogens is 412 g/mol. The molecule has 0 saturated carbocycles. The second kappa shape index (κ2) is 6.79. The Hall–Kier alpha value is -2.92. The number of ketones is 1. The Morgan fingerprint density at radius 2 is 1.58 bits per heavy atom. The molecule has 0 N–H and O–H groups in total. The van der Waals surface area contributed by atoms with Gasteiger partial charge in [0.25, 0.3) is 0 Å². The van der Waals surface area contributed by atoms with Crippen molar-refractivity contribution in [2.75, 3.05) is 4.90 Å². The first-order chi connectivity index (χ1) is 14.7. The molecule has 2 aromatic rings. The second-order valence-corrected chi connectivity index (χ2v) is 9.87. The topological polar surface area (TPSA) is 57.7 Å². The Kier molecular flexibility index (Phi) is 4.38. The summed E-state index contributed by atoms with van der Waals surface area (Å²) < 4.78 is 0. The van der Waals surface area contributed by atoms with Crippen LogP contribution in [0.2, 0.25) is 5.02 Å². The van der Waals surface area contributed by atoms with Crippen LogP contribution in [0.25, 0.3) is 6.08 Å². The maximum Gasteiger partial charge on any atom is 0.240 e. The summed E-state index contributed by atoms with van der Waals surface area (Å²) in [4.78, 5) is 44.1. The van der Waals surface area contributed by atoms with Gasteiger partial charge in [-0.15, -0.1) is 0 Å². The van der Waals surface area contributed by atoms with Crippen LogP contribution in [0.15, 0.2) is 54.7 Å². The van der Waals surface area contributed by atoms with E-state index in [1.807, 2.05) is 62.2 Å². The van der Waals surface area contributed by atoms with Gasteiger partial charge in [0.1, 0.15) is 6.04 Å². The summed E-state index contributed by atoms with van der Waals surface area (Å²) in [6.45, 7) is 5.58. The van der Waals surface area contributed by atoms with E-state index in [1.165, 1.54) is 4.90 Å². The lowest BCUT2D eigenvalue weighted by Gasteiger charge is -2.37. The van der Waals surface area contributed by atoms with Crippen LogP contribution in [0.5, 0.6) is 0 Å². The van der Waals surface area contributed by atoms with Crippen molar-refractivity contribution in [2.45, 2.75) is 32.9 Å². The van der Waals surface area contributed by atoms with Gasteiger partial charge in [-0.2, -0.15) is 0 Å². The minimum Gasteiger partial charge on any atom is -0.359 e. The van der Waals surface area contributed by atoms with Crippen molar-refractivity contribution in [2.24, 2.45) is 17.3 Å². The van der Waals surface area contributed by atoms with Gasteiger partial charge in [-0.1, -0.05) is 56.6 Å². The number of carbonyl (C=O) groups is 3. The van der Waals surface area contributed by atoms with Crippen molar-refractivity contribution < 1.29 is 14.4 Å². The van der Waals surface area contributed by atoms with E-state index in [2.05, 4.69) is 0 Å². The van der Waals surface area contributed by atoms with E-state index in [9.17, 15) is 14.4 Å². The molecule has 5 nitrogen and oxygen atoms in total. The number of hydrogen-bond donors (Lipinski definition) is 0. The van der Waals surface area contributed by atoms with Gasteiger partial charge in [0.05, 0.1) is 23.6 Å². The normalized spacial score (nSPS) is 26.7. The molecule has 31 heavy (non-hydrogen) atoms. The highest BCUT2D eigenvalue weighted by atomic mass is 35.5.